The van der Waals surface area contributed by atoms with Crippen molar-refractivity contribution in [2.75, 3.05) is 6.54 Å². The molecule has 1 heterocycles. The lowest BCUT2D eigenvalue weighted by Crippen LogP contribution is -2.24. The quantitative estimate of drug-likeness (QED) is 0.822. The van der Waals surface area contributed by atoms with Gasteiger partial charge in [0.15, 0.2) is 0 Å². The zero-order chi connectivity index (χ0) is 15.4. The first-order valence-corrected chi connectivity index (χ1v) is 8.43. The van der Waals surface area contributed by atoms with Crippen molar-refractivity contribution in [2.24, 2.45) is 7.05 Å². The number of aromatic nitrogens is 2. The minimum atomic E-state index is 0.227. The Kier molecular flexibility index (Phi) is 5.85. The number of benzene rings is 1. The van der Waals surface area contributed by atoms with Gasteiger partial charge in [-0.3, -0.25) is 4.68 Å². The number of nitrogens with one attached hydrogen (secondary N) is 1. The molecule has 1 unspecified atom stereocenters. The van der Waals surface area contributed by atoms with E-state index in [4.69, 9.17) is 11.6 Å². The van der Waals surface area contributed by atoms with Crippen molar-refractivity contribution in [1.29, 1.82) is 0 Å². The molecular formula is C16H21BrClN3. The number of hydrogen-bond donors (Lipinski definition) is 1. The smallest absolute Gasteiger partial charge is 0.0850 e. The van der Waals surface area contributed by atoms with Crippen molar-refractivity contribution in [2.45, 2.75) is 32.7 Å². The molecule has 21 heavy (non-hydrogen) atoms. The lowest BCUT2D eigenvalue weighted by atomic mass is 10.0. The summed E-state index contributed by atoms with van der Waals surface area (Å²) >= 11 is 10.0. The fourth-order valence-electron chi connectivity index (χ4n) is 2.51. The molecule has 0 spiro atoms. The van der Waals surface area contributed by atoms with Crippen molar-refractivity contribution in [1.82, 2.24) is 15.1 Å². The minimum absolute atomic E-state index is 0.227. The molecule has 0 fully saturated rings. The van der Waals surface area contributed by atoms with Crippen LogP contribution in [0.2, 0.25) is 5.02 Å². The molecule has 1 aromatic heterocycles. The highest BCUT2D eigenvalue weighted by Gasteiger charge is 2.19. The summed E-state index contributed by atoms with van der Waals surface area (Å²) in [5.74, 6) is 0. The number of nitrogens with zero attached hydrogens (tertiary/aromatic N) is 2. The largest absolute Gasteiger partial charge is 0.310 e. The van der Waals surface area contributed by atoms with Crippen LogP contribution in [-0.2, 0) is 19.9 Å². The van der Waals surface area contributed by atoms with Crippen LogP contribution < -0.4 is 5.32 Å². The molecule has 0 aliphatic carbocycles. The molecule has 114 valence electrons. The topological polar surface area (TPSA) is 29.9 Å². The van der Waals surface area contributed by atoms with Gasteiger partial charge in [0.2, 0.25) is 0 Å². The molecule has 0 saturated heterocycles. The van der Waals surface area contributed by atoms with Crippen molar-refractivity contribution in [3.63, 3.8) is 0 Å². The SMILES string of the molecule is CCNC(Cc1c(Cl)c(CC)nn1C)c1cccc(Br)c1. The zero-order valence-corrected chi connectivity index (χ0v) is 15.0. The maximum atomic E-state index is 6.47. The highest BCUT2D eigenvalue weighted by Crippen LogP contribution is 2.27. The van der Waals surface area contributed by atoms with Crippen LogP contribution in [0.3, 0.4) is 0 Å². The molecule has 1 N–H and O–H groups in total. The van der Waals surface area contributed by atoms with Crippen LogP contribution in [0.15, 0.2) is 28.7 Å². The number of hydrogen-bond acceptors (Lipinski definition) is 2. The monoisotopic (exact) mass is 369 g/mol. The highest BCUT2D eigenvalue weighted by molar-refractivity contribution is 9.10. The van der Waals surface area contributed by atoms with E-state index in [-0.39, 0.29) is 6.04 Å². The summed E-state index contributed by atoms with van der Waals surface area (Å²) < 4.78 is 3.00. The Labute approximate surface area is 139 Å². The average Bonchev–Trinajstić information content (AvgIpc) is 2.74. The number of halogens is 2. The Hall–Kier alpha value is -0.840. The number of rotatable bonds is 6. The summed E-state index contributed by atoms with van der Waals surface area (Å²) in [4.78, 5) is 0. The fourth-order valence-corrected chi connectivity index (χ4v) is 3.30. The van der Waals surface area contributed by atoms with Crippen molar-refractivity contribution in [3.8, 4) is 0 Å². The average molecular weight is 371 g/mol. The second kappa shape index (κ2) is 7.43. The lowest BCUT2D eigenvalue weighted by Gasteiger charge is -2.19. The molecule has 2 rings (SSSR count). The van der Waals surface area contributed by atoms with E-state index in [1.54, 1.807) is 0 Å². The van der Waals surface area contributed by atoms with E-state index < -0.39 is 0 Å². The van der Waals surface area contributed by atoms with Gasteiger partial charge in [-0.1, -0.05) is 53.5 Å². The predicted octanol–water partition coefficient (Wildman–Crippen LogP) is 4.29. The van der Waals surface area contributed by atoms with Crippen molar-refractivity contribution < 1.29 is 0 Å². The summed E-state index contributed by atoms with van der Waals surface area (Å²) in [5, 5.41) is 8.84. The van der Waals surface area contributed by atoms with Gasteiger partial charge in [0.1, 0.15) is 0 Å². The second-order valence-electron chi connectivity index (χ2n) is 5.05. The van der Waals surface area contributed by atoms with E-state index in [2.05, 4.69) is 58.4 Å². The second-order valence-corrected chi connectivity index (χ2v) is 6.35. The van der Waals surface area contributed by atoms with Crippen molar-refractivity contribution in [3.05, 3.63) is 50.7 Å². The maximum Gasteiger partial charge on any atom is 0.0850 e. The Bertz CT molecular complexity index is 610. The molecule has 0 radical (unpaired) electrons. The van der Waals surface area contributed by atoms with Gasteiger partial charge in [-0.05, 0) is 30.7 Å². The Balaban J connectivity index is 2.30. The summed E-state index contributed by atoms with van der Waals surface area (Å²) in [6, 6.07) is 8.62. The minimum Gasteiger partial charge on any atom is -0.310 e. The van der Waals surface area contributed by atoms with E-state index in [0.717, 1.165) is 40.3 Å². The van der Waals surface area contributed by atoms with Gasteiger partial charge in [0.05, 0.1) is 16.4 Å². The highest BCUT2D eigenvalue weighted by atomic mass is 79.9. The first kappa shape index (κ1) is 16.5. The first-order valence-electron chi connectivity index (χ1n) is 7.25. The molecule has 1 atom stereocenters. The van der Waals surface area contributed by atoms with Gasteiger partial charge in [-0.25, -0.2) is 0 Å². The van der Waals surface area contributed by atoms with Gasteiger partial charge in [-0.15, -0.1) is 0 Å². The first-order chi connectivity index (χ1) is 10.1. The van der Waals surface area contributed by atoms with Crippen molar-refractivity contribution >= 4 is 27.5 Å². The summed E-state index contributed by atoms with van der Waals surface area (Å²) in [6.07, 6.45) is 1.68. The van der Waals surface area contributed by atoms with Crippen LogP contribution in [-0.4, -0.2) is 16.3 Å². The Morgan fingerprint density at radius 1 is 1.38 bits per heavy atom. The molecule has 0 aliphatic heterocycles. The number of aryl methyl sites for hydroxylation is 2. The summed E-state index contributed by atoms with van der Waals surface area (Å²) in [6.45, 7) is 5.11. The van der Waals surface area contributed by atoms with E-state index in [1.807, 2.05) is 17.8 Å². The van der Waals surface area contributed by atoms with Gasteiger partial charge < -0.3 is 5.32 Å². The zero-order valence-electron chi connectivity index (χ0n) is 12.7. The van der Waals surface area contributed by atoms with Crippen LogP contribution in [0.1, 0.15) is 36.8 Å². The van der Waals surface area contributed by atoms with Gasteiger partial charge >= 0.3 is 0 Å². The molecular weight excluding hydrogens is 350 g/mol. The third-order valence-electron chi connectivity index (χ3n) is 3.60. The molecule has 0 saturated carbocycles. The summed E-state index contributed by atoms with van der Waals surface area (Å²) in [5.41, 5.74) is 3.31. The van der Waals surface area contributed by atoms with Crippen LogP contribution in [0.4, 0.5) is 0 Å². The molecule has 0 amide bonds. The van der Waals surface area contributed by atoms with E-state index >= 15 is 0 Å². The van der Waals surface area contributed by atoms with Crippen LogP contribution in [0.25, 0.3) is 0 Å². The number of likely N-dealkylation sites (N-methyl/N-ethyl adjacent to an activating group) is 1. The van der Waals surface area contributed by atoms with E-state index in [0.29, 0.717) is 0 Å². The maximum absolute atomic E-state index is 6.47. The third-order valence-corrected chi connectivity index (χ3v) is 4.53. The standard InChI is InChI=1S/C16H21BrClN3/c1-4-13-16(18)15(21(3)20-13)10-14(19-5-2)11-7-6-8-12(17)9-11/h6-9,14,19H,4-5,10H2,1-3H3. The molecule has 1 aromatic carbocycles. The molecule has 5 heteroatoms. The summed E-state index contributed by atoms with van der Waals surface area (Å²) in [7, 11) is 1.96. The normalized spacial score (nSPS) is 12.6. The van der Waals surface area contributed by atoms with Gasteiger partial charge in [-0.2, -0.15) is 5.10 Å². The fraction of sp³-hybridized carbons (Fsp3) is 0.438. The molecule has 2 aromatic rings. The Morgan fingerprint density at radius 2 is 2.14 bits per heavy atom. The van der Waals surface area contributed by atoms with Gasteiger partial charge in [0, 0.05) is 24.0 Å². The predicted molar refractivity (Wildman–Crippen MR) is 91.9 cm³/mol. The lowest BCUT2D eigenvalue weighted by molar-refractivity contribution is 0.528. The Morgan fingerprint density at radius 3 is 2.71 bits per heavy atom. The van der Waals surface area contributed by atoms with E-state index in [9.17, 15) is 0 Å². The van der Waals surface area contributed by atoms with Crippen LogP contribution in [0, 0.1) is 0 Å². The molecule has 3 nitrogen and oxygen atoms in total. The van der Waals surface area contributed by atoms with Gasteiger partial charge in [0.25, 0.3) is 0 Å². The molecule has 0 bridgehead atoms. The van der Waals surface area contributed by atoms with Crippen LogP contribution in [0.5, 0.6) is 0 Å². The molecule has 0 aliphatic rings. The third kappa shape index (κ3) is 3.87. The van der Waals surface area contributed by atoms with Crippen LogP contribution >= 0.6 is 27.5 Å². The van der Waals surface area contributed by atoms with E-state index in [1.165, 1.54) is 5.56 Å².